The molecule has 1 aliphatic heterocycles. The standard InChI is InChI=1S/C17H25N3O3.ClH/c1-12(2)11-15(21)19-13-3-5-14(6-4-13)20-16(22)17(18)7-9-23-10-8-17;/h3-6,12H,7-11,18H2,1-2H3,(H,19,21)(H,20,22);1H. The largest absolute Gasteiger partial charge is 0.381 e. The highest BCUT2D eigenvalue weighted by molar-refractivity contribution is 5.98. The molecule has 1 aromatic rings. The zero-order chi connectivity index (χ0) is 16.9. The van der Waals surface area contributed by atoms with Crippen LogP contribution in [0.4, 0.5) is 11.4 Å². The van der Waals surface area contributed by atoms with Gasteiger partial charge in [-0.25, -0.2) is 0 Å². The quantitative estimate of drug-likeness (QED) is 0.756. The Hall–Kier alpha value is -1.63. The second-order valence-corrected chi connectivity index (χ2v) is 6.45. The Morgan fingerprint density at radius 3 is 2.12 bits per heavy atom. The summed E-state index contributed by atoms with van der Waals surface area (Å²) in [5.41, 5.74) is 6.64. The first kappa shape index (κ1) is 20.4. The van der Waals surface area contributed by atoms with Crippen molar-refractivity contribution in [2.45, 2.75) is 38.6 Å². The van der Waals surface area contributed by atoms with Gasteiger partial charge in [0.15, 0.2) is 0 Å². The number of amides is 2. The van der Waals surface area contributed by atoms with E-state index in [2.05, 4.69) is 10.6 Å². The molecule has 0 aliphatic carbocycles. The van der Waals surface area contributed by atoms with Crippen molar-refractivity contribution < 1.29 is 14.3 Å². The number of benzene rings is 1. The maximum Gasteiger partial charge on any atom is 0.244 e. The van der Waals surface area contributed by atoms with E-state index in [9.17, 15) is 9.59 Å². The molecule has 0 radical (unpaired) electrons. The Bertz CT molecular complexity index is 555. The molecular weight excluding hydrogens is 330 g/mol. The lowest BCUT2D eigenvalue weighted by Crippen LogP contribution is -2.54. The van der Waals surface area contributed by atoms with Gasteiger partial charge in [-0.3, -0.25) is 9.59 Å². The number of carbonyl (C=O) groups is 2. The minimum Gasteiger partial charge on any atom is -0.381 e. The first-order chi connectivity index (χ1) is 10.9. The predicted octanol–water partition coefficient (Wildman–Crippen LogP) is 2.54. The highest BCUT2D eigenvalue weighted by atomic mass is 35.5. The average Bonchev–Trinajstić information content (AvgIpc) is 2.49. The molecule has 4 N–H and O–H groups in total. The molecular formula is C17H26ClN3O3. The first-order valence-electron chi connectivity index (χ1n) is 7.97. The van der Waals surface area contributed by atoms with Crippen LogP contribution in [0.25, 0.3) is 0 Å². The summed E-state index contributed by atoms with van der Waals surface area (Å²) in [7, 11) is 0. The van der Waals surface area contributed by atoms with Gasteiger partial charge in [0.2, 0.25) is 11.8 Å². The molecule has 134 valence electrons. The van der Waals surface area contributed by atoms with Crippen LogP contribution in [0.5, 0.6) is 0 Å². The van der Waals surface area contributed by atoms with Crippen molar-refractivity contribution in [1.82, 2.24) is 0 Å². The minimum absolute atomic E-state index is 0. The molecule has 1 heterocycles. The number of nitrogens with two attached hydrogens (primary N) is 1. The van der Waals surface area contributed by atoms with Gasteiger partial charge in [-0.1, -0.05) is 13.8 Å². The highest BCUT2D eigenvalue weighted by Crippen LogP contribution is 2.21. The van der Waals surface area contributed by atoms with Gasteiger partial charge < -0.3 is 21.1 Å². The molecule has 0 atom stereocenters. The first-order valence-corrected chi connectivity index (χ1v) is 7.97. The summed E-state index contributed by atoms with van der Waals surface area (Å²) in [5.74, 6) is 0.103. The fourth-order valence-corrected chi connectivity index (χ4v) is 2.44. The van der Waals surface area contributed by atoms with E-state index in [0.717, 1.165) is 0 Å². The molecule has 0 spiro atoms. The van der Waals surface area contributed by atoms with Crippen molar-refractivity contribution in [3.8, 4) is 0 Å². The van der Waals surface area contributed by atoms with Crippen LogP contribution in [0, 0.1) is 5.92 Å². The van der Waals surface area contributed by atoms with Crippen LogP contribution in [0.1, 0.15) is 33.1 Å². The van der Waals surface area contributed by atoms with Gasteiger partial charge >= 0.3 is 0 Å². The van der Waals surface area contributed by atoms with Gasteiger partial charge in [-0.15, -0.1) is 12.4 Å². The molecule has 0 unspecified atom stereocenters. The van der Waals surface area contributed by atoms with Crippen molar-refractivity contribution in [3.05, 3.63) is 24.3 Å². The Morgan fingerprint density at radius 1 is 1.12 bits per heavy atom. The van der Waals surface area contributed by atoms with E-state index in [1.807, 2.05) is 13.8 Å². The van der Waals surface area contributed by atoms with Gasteiger partial charge in [0.1, 0.15) is 5.54 Å². The van der Waals surface area contributed by atoms with Gasteiger partial charge in [0.25, 0.3) is 0 Å². The SMILES string of the molecule is CC(C)CC(=O)Nc1ccc(NC(=O)C2(N)CCOCC2)cc1.Cl. The second kappa shape index (κ2) is 9.01. The number of carbonyl (C=O) groups excluding carboxylic acids is 2. The normalized spacial score (nSPS) is 16.2. The minimum atomic E-state index is -0.873. The monoisotopic (exact) mass is 355 g/mol. The maximum absolute atomic E-state index is 12.3. The summed E-state index contributed by atoms with van der Waals surface area (Å²) in [6, 6.07) is 7.04. The number of nitrogens with one attached hydrogen (secondary N) is 2. The summed E-state index contributed by atoms with van der Waals surface area (Å²) in [6.45, 7) is 5.00. The van der Waals surface area contributed by atoms with Crippen LogP contribution in [0.15, 0.2) is 24.3 Å². The van der Waals surface area contributed by atoms with Crippen LogP contribution in [-0.2, 0) is 14.3 Å². The lowest BCUT2D eigenvalue weighted by molar-refractivity contribution is -0.124. The van der Waals surface area contributed by atoms with Crippen molar-refractivity contribution >= 4 is 35.6 Å². The number of hydrogen-bond acceptors (Lipinski definition) is 4. The van der Waals surface area contributed by atoms with Gasteiger partial charge in [0, 0.05) is 31.0 Å². The van der Waals surface area contributed by atoms with E-state index in [1.54, 1.807) is 24.3 Å². The van der Waals surface area contributed by atoms with E-state index < -0.39 is 5.54 Å². The third-order valence-corrected chi connectivity index (χ3v) is 3.86. The van der Waals surface area contributed by atoms with Crippen LogP contribution < -0.4 is 16.4 Å². The van der Waals surface area contributed by atoms with Gasteiger partial charge in [-0.2, -0.15) is 0 Å². The van der Waals surface area contributed by atoms with Crippen molar-refractivity contribution in [1.29, 1.82) is 0 Å². The van der Waals surface area contributed by atoms with Crippen molar-refractivity contribution in [2.24, 2.45) is 11.7 Å². The molecule has 0 bridgehead atoms. The second-order valence-electron chi connectivity index (χ2n) is 6.45. The smallest absolute Gasteiger partial charge is 0.244 e. The molecule has 7 heteroatoms. The van der Waals surface area contributed by atoms with Crippen LogP contribution in [0.2, 0.25) is 0 Å². The molecule has 24 heavy (non-hydrogen) atoms. The number of anilines is 2. The van der Waals surface area contributed by atoms with Gasteiger partial charge in [0.05, 0.1) is 0 Å². The fourth-order valence-electron chi connectivity index (χ4n) is 2.44. The van der Waals surface area contributed by atoms with E-state index in [0.29, 0.717) is 49.8 Å². The Balaban J connectivity index is 0.00000288. The topological polar surface area (TPSA) is 93.5 Å². The molecule has 2 rings (SSSR count). The molecule has 1 aromatic carbocycles. The fraction of sp³-hybridized carbons (Fsp3) is 0.529. The molecule has 6 nitrogen and oxygen atoms in total. The molecule has 1 saturated heterocycles. The molecule has 1 aliphatic rings. The average molecular weight is 356 g/mol. The van der Waals surface area contributed by atoms with E-state index in [1.165, 1.54) is 0 Å². The Labute approximate surface area is 148 Å². The number of rotatable bonds is 5. The summed E-state index contributed by atoms with van der Waals surface area (Å²) in [6.07, 6.45) is 1.51. The third-order valence-electron chi connectivity index (χ3n) is 3.86. The molecule has 1 fully saturated rings. The molecule has 2 amide bonds. The predicted molar refractivity (Wildman–Crippen MR) is 97.4 cm³/mol. The zero-order valence-electron chi connectivity index (χ0n) is 14.1. The maximum atomic E-state index is 12.3. The Kier molecular flexibility index (Phi) is 7.66. The van der Waals surface area contributed by atoms with Crippen LogP contribution in [0.3, 0.4) is 0 Å². The summed E-state index contributed by atoms with van der Waals surface area (Å²) < 4.78 is 5.25. The molecule has 0 aromatic heterocycles. The lowest BCUT2D eigenvalue weighted by Gasteiger charge is -2.31. The summed E-state index contributed by atoms with van der Waals surface area (Å²) >= 11 is 0. The van der Waals surface area contributed by atoms with Crippen LogP contribution >= 0.6 is 12.4 Å². The van der Waals surface area contributed by atoms with E-state index >= 15 is 0 Å². The van der Waals surface area contributed by atoms with E-state index in [-0.39, 0.29) is 24.2 Å². The van der Waals surface area contributed by atoms with E-state index in [4.69, 9.17) is 10.5 Å². The van der Waals surface area contributed by atoms with Crippen molar-refractivity contribution in [2.75, 3.05) is 23.8 Å². The number of halogens is 1. The third kappa shape index (κ3) is 5.78. The number of hydrogen-bond donors (Lipinski definition) is 3. The highest BCUT2D eigenvalue weighted by Gasteiger charge is 2.35. The lowest BCUT2D eigenvalue weighted by atomic mass is 9.90. The van der Waals surface area contributed by atoms with Crippen molar-refractivity contribution in [3.63, 3.8) is 0 Å². The zero-order valence-corrected chi connectivity index (χ0v) is 14.9. The Morgan fingerprint density at radius 2 is 1.62 bits per heavy atom. The molecule has 0 saturated carbocycles. The van der Waals surface area contributed by atoms with Crippen LogP contribution in [-0.4, -0.2) is 30.6 Å². The summed E-state index contributed by atoms with van der Waals surface area (Å²) in [5, 5.41) is 5.66. The van der Waals surface area contributed by atoms with Gasteiger partial charge in [-0.05, 0) is 43.0 Å². The number of ether oxygens (including phenoxy) is 1. The summed E-state index contributed by atoms with van der Waals surface area (Å²) in [4.78, 5) is 24.0.